The van der Waals surface area contributed by atoms with Crippen LogP contribution >= 0.6 is 0 Å². The van der Waals surface area contributed by atoms with E-state index in [1.807, 2.05) is 4.90 Å². The molecule has 1 aliphatic heterocycles. The van der Waals surface area contributed by atoms with Gasteiger partial charge in [0.15, 0.2) is 0 Å². The van der Waals surface area contributed by atoms with Gasteiger partial charge < -0.3 is 5.73 Å². The van der Waals surface area contributed by atoms with Gasteiger partial charge in [-0.05, 0) is 12.8 Å². The first-order valence-electron chi connectivity index (χ1n) is 4.53. The zero-order valence-electron chi connectivity index (χ0n) is 7.94. The van der Waals surface area contributed by atoms with Crippen molar-refractivity contribution in [3.8, 4) is 0 Å². The molecular formula is C8H17N3O2. The van der Waals surface area contributed by atoms with Crippen molar-refractivity contribution >= 4 is 5.91 Å². The van der Waals surface area contributed by atoms with Crippen LogP contribution in [0.15, 0.2) is 0 Å². The number of piperidine rings is 1. The van der Waals surface area contributed by atoms with Gasteiger partial charge >= 0.3 is 0 Å². The van der Waals surface area contributed by atoms with Crippen LogP contribution < -0.4 is 5.73 Å². The molecule has 3 N–H and O–H groups in total. The highest BCUT2D eigenvalue weighted by molar-refractivity contribution is 5.76. The molecule has 0 spiro atoms. The number of carbonyl (C=O) groups excluding carboxylic acids is 1. The van der Waals surface area contributed by atoms with Gasteiger partial charge in [0, 0.05) is 26.2 Å². The highest BCUT2D eigenvalue weighted by Crippen LogP contribution is 2.07. The summed E-state index contributed by atoms with van der Waals surface area (Å²) in [6, 6.07) is 0.276. The summed E-state index contributed by atoms with van der Waals surface area (Å²) in [6.07, 6.45) is 1.87. The second-order valence-corrected chi connectivity index (χ2v) is 3.53. The topological polar surface area (TPSA) is 69.8 Å². The molecule has 0 atom stereocenters. The highest BCUT2D eigenvalue weighted by atomic mass is 16.5. The third-order valence-corrected chi connectivity index (χ3v) is 2.35. The van der Waals surface area contributed by atoms with Crippen molar-refractivity contribution < 1.29 is 10.0 Å². The molecule has 0 aliphatic carbocycles. The number of hydroxylamine groups is 2. The summed E-state index contributed by atoms with van der Waals surface area (Å²) in [5.41, 5.74) is 5.72. The van der Waals surface area contributed by atoms with Gasteiger partial charge in [0.25, 0.3) is 5.91 Å². The Morgan fingerprint density at radius 1 is 1.62 bits per heavy atom. The van der Waals surface area contributed by atoms with Crippen molar-refractivity contribution in [1.82, 2.24) is 9.96 Å². The molecule has 13 heavy (non-hydrogen) atoms. The molecule has 5 heteroatoms. The quantitative estimate of drug-likeness (QED) is 0.441. The van der Waals surface area contributed by atoms with Gasteiger partial charge in [-0.2, -0.15) is 0 Å². The zero-order chi connectivity index (χ0) is 9.84. The number of nitrogens with zero attached hydrogens (tertiary/aromatic N) is 2. The largest absolute Gasteiger partial charge is 0.328 e. The first-order chi connectivity index (χ1) is 6.09. The van der Waals surface area contributed by atoms with E-state index < -0.39 is 0 Å². The molecule has 1 amide bonds. The lowest BCUT2D eigenvalue weighted by molar-refractivity contribution is -0.160. The summed E-state index contributed by atoms with van der Waals surface area (Å²) in [6.45, 7) is 1.99. The number of rotatable bonds is 2. The number of carbonyl (C=O) groups is 1. The molecule has 1 rings (SSSR count). The van der Waals surface area contributed by atoms with Crippen LogP contribution in [0.5, 0.6) is 0 Å². The second kappa shape index (κ2) is 4.55. The normalized spacial score (nSPS) is 20.2. The molecule has 0 bridgehead atoms. The minimum atomic E-state index is -0.268. The van der Waals surface area contributed by atoms with Gasteiger partial charge in [-0.1, -0.05) is 0 Å². The molecule has 0 unspecified atom stereocenters. The molecule has 1 aliphatic rings. The molecule has 0 aromatic carbocycles. The van der Waals surface area contributed by atoms with E-state index in [0.717, 1.165) is 25.9 Å². The van der Waals surface area contributed by atoms with E-state index >= 15 is 0 Å². The third-order valence-electron chi connectivity index (χ3n) is 2.35. The Balaban J connectivity index is 2.26. The van der Waals surface area contributed by atoms with Crippen LogP contribution in [-0.2, 0) is 4.79 Å². The summed E-state index contributed by atoms with van der Waals surface area (Å²) in [5.74, 6) is -0.268. The molecule has 0 aromatic rings. The second-order valence-electron chi connectivity index (χ2n) is 3.53. The maximum atomic E-state index is 11.1. The molecule has 0 saturated carbocycles. The fraction of sp³-hybridized carbons (Fsp3) is 0.875. The minimum absolute atomic E-state index is 0.268. The fourth-order valence-corrected chi connectivity index (χ4v) is 1.40. The number of hydrogen-bond acceptors (Lipinski definition) is 4. The predicted molar refractivity (Wildman–Crippen MR) is 48.2 cm³/mol. The van der Waals surface area contributed by atoms with Gasteiger partial charge in [0.05, 0.1) is 6.54 Å². The third kappa shape index (κ3) is 3.30. The highest BCUT2D eigenvalue weighted by Gasteiger charge is 2.19. The van der Waals surface area contributed by atoms with Gasteiger partial charge in [-0.15, -0.1) is 0 Å². The van der Waals surface area contributed by atoms with E-state index in [0.29, 0.717) is 11.6 Å². The van der Waals surface area contributed by atoms with Gasteiger partial charge in [0.1, 0.15) is 0 Å². The van der Waals surface area contributed by atoms with Crippen molar-refractivity contribution in [3.63, 3.8) is 0 Å². The molecule has 1 fully saturated rings. The van der Waals surface area contributed by atoms with Crippen LogP contribution in [0.1, 0.15) is 12.8 Å². The SMILES string of the molecule is CN(O)C(=O)CN1CCC(N)CC1. The first-order valence-corrected chi connectivity index (χ1v) is 4.53. The van der Waals surface area contributed by atoms with Crippen molar-refractivity contribution in [2.75, 3.05) is 26.7 Å². The summed E-state index contributed by atoms with van der Waals surface area (Å²) < 4.78 is 0. The molecule has 1 saturated heterocycles. The number of likely N-dealkylation sites (N-methyl/N-ethyl adjacent to an activating group) is 1. The van der Waals surface area contributed by atoms with Crippen LogP contribution in [0.25, 0.3) is 0 Å². The maximum absolute atomic E-state index is 11.1. The maximum Gasteiger partial charge on any atom is 0.259 e. The number of amides is 1. The van der Waals surface area contributed by atoms with E-state index in [9.17, 15) is 4.79 Å². The molecular weight excluding hydrogens is 170 g/mol. The fourth-order valence-electron chi connectivity index (χ4n) is 1.40. The minimum Gasteiger partial charge on any atom is -0.328 e. The lowest BCUT2D eigenvalue weighted by Gasteiger charge is -2.29. The van der Waals surface area contributed by atoms with Gasteiger partial charge in [-0.25, -0.2) is 5.06 Å². The average molecular weight is 187 g/mol. The van der Waals surface area contributed by atoms with E-state index in [1.165, 1.54) is 7.05 Å². The van der Waals surface area contributed by atoms with Crippen molar-refractivity contribution in [1.29, 1.82) is 0 Å². The van der Waals surface area contributed by atoms with E-state index in [4.69, 9.17) is 10.9 Å². The van der Waals surface area contributed by atoms with Crippen molar-refractivity contribution in [2.24, 2.45) is 5.73 Å². The Kier molecular flexibility index (Phi) is 3.65. The Labute approximate surface area is 78.1 Å². The Bertz CT molecular complexity index is 176. The van der Waals surface area contributed by atoms with Gasteiger partial charge in [-0.3, -0.25) is 14.9 Å². The standard InChI is InChI=1S/C8H17N3O2/c1-10(13)8(12)6-11-4-2-7(9)3-5-11/h7,13H,2-6,9H2,1H3. The Morgan fingerprint density at radius 3 is 2.62 bits per heavy atom. The summed E-state index contributed by atoms with van der Waals surface area (Å²) in [7, 11) is 1.35. The Morgan fingerprint density at radius 2 is 2.15 bits per heavy atom. The van der Waals surface area contributed by atoms with Crippen LogP contribution in [-0.4, -0.2) is 53.8 Å². The van der Waals surface area contributed by atoms with Crippen LogP contribution in [0.4, 0.5) is 0 Å². The first kappa shape index (κ1) is 10.4. The predicted octanol–water partition coefficient (Wildman–Crippen LogP) is -0.743. The summed E-state index contributed by atoms with van der Waals surface area (Å²) in [5, 5.41) is 9.47. The lowest BCUT2D eigenvalue weighted by Crippen LogP contribution is -2.44. The smallest absolute Gasteiger partial charge is 0.259 e. The lowest BCUT2D eigenvalue weighted by atomic mass is 10.1. The number of hydrogen-bond donors (Lipinski definition) is 2. The van der Waals surface area contributed by atoms with E-state index in [-0.39, 0.29) is 11.9 Å². The number of likely N-dealkylation sites (tertiary alicyclic amines) is 1. The van der Waals surface area contributed by atoms with Crippen LogP contribution in [0.2, 0.25) is 0 Å². The van der Waals surface area contributed by atoms with E-state index in [2.05, 4.69) is 0 Å². The average Bonchev–Trinajstić information content (AvgIpc) is 2.08. The molecule has 0 radical (unpaired) electrons. The zero-order valence-corrected chi connectivity index (χ0v) is 7.94. The van der Waals surface area contributed by atoms with Gasteiger partial charge in [0.2, 0.25) is 0 Å². The van der Waals surface area contributed by atoms with Crippen molar-refractivity contribution in [2.45, 2.75) is 18.9 Å². The monoisotopic (exact) mass is 187 g/mol. The molecule has 0 aromatic heterocycles. The summed E-state index contributed by atoms with van der Waals surface area (Å²) in [4.78, 5) is 13.1. The summed E-state index contributed by atoms with van der Waals surface area (Å²) >= 11 is 0. The van der Waals surface area contributed by atoms with E-state index in [1.54, 1.807) is 0 Å². The van der Waals surface area contributed by atoms with Crippen LogP contribution in [0.3, 0.4) is 0 Å². The molecule has 1 heterocycles. The Hall–Kier alpha value is -0.650. The van der Waals surface area contributed by atoms with Crippen molar-refractivity contribution in [3.05, 3.63) is 0 Å². The number of nitrogens with two attached hydrogens (primary N) is 1. The van der Waals surface area contributed by atoms with Crippen LogP contribution in [0, 0.1) is 0 Å². The molecule has 5 nitrogen and oxygen atoms in total. The molecule has 76 valence electrons.